The fraction of sp³-hybridized carbons (Fsp3) is 0.385. The molecule has 1 aliphatic rings. The Morgan fingerprint density at radius 1 is 1.35 bits per heavy atom. The van der Waals surface area contributed by atoms with E-state index in [9.17, 15) is 14.0 Å². The molecule has 1 saturated carbocycles. The first kappa shape index (κ1) is 14.8. The van der Waals surface area contributed by atoms with Crippen LogP contribution in [0, 0.1) is 5.82 Å². The molecule has 0 unspecified atom stereocenters. The molecule has 1 aromatic carbocycles. The van der Waals surface area contributed by atoms with Crippen molar-refractivity contribution in [2.24, 2.45) is 0 Å². The number of hydrogen-bond donors (Lipinski definition) is 2. The number of carbonyl (C=O) groups excluding carboxylic acids is 2. The molecule has 0 saturated heterocycles. The van der Waals surface area contributed by atoms with E-state index in [0.29, 0.717) is 10.2 Å². The Bertz CT molecular complexity index is 520. The van der Waals surface area contributed by atoms with Gasteiger partial charge in [0.25, 0.3) is 5.91 Å². The minimum Gasteiger partial charge on any atom is -0.483 e. The molecule has 0 spiro atoms. The summed E-state index contributed by atoms with van der Waals surface area (Å²) in [6.07, 6.45) is 2.00. The number of carbonyl (C=O) groups is 2. The molecule has 0 heterocycles. The topological polar surface area (TPSA) is 67.4 Å². The van der Waals surface area contributed by atoms with Crippen LogP contribution in [-0.2, 0) is 9.59 Å². The first-order chi connectivity index (χ1) is 9.54. The maximum absolute atomic E-state index is 12.9. The first-order valence-electron chi connectivity index (χ1n) is 6.18. The summed E-state index contributed by atoms with van der Waals surface area (Å²) in [6.45, 7) is -0.301. The van der Waals surface area contributed by atoms with Crippen molar-refractivity contribution in [3.8, 4) is 5.75 Å². The van der Waals surface area contributed by atoms with Crippen LogP contribution in [0.1, 0.15) is 12.8 Å². The highest BCUT2D eigenvalue weighted by molar-refractivity contribution is 9.10. The molecule has 1 aliphatic carbocycles. The van der Waals surface area contributed by atoms with Crippen LogP contribution < -0.4 is 15.4 Å². The van der Waals surface area contributed by atoms with Crippen LogP contribution in [0.25, 0.3) is 0 Å². The molecule has 7 heteroatoms. The lowest BCUT2D eigenvalue weighted by Crippen LogP contribution is -2.39. The standard InChI is InChI=1S/C13H14BrFN2O3/c14-10-5-8(15)1-4-11(10)20-7-13(19)16-6-12(18)17-9-2-3-9/h1,4-5,9H,2-3,6-7H2,(H,16,19)(H,17,18). The maximum Gasteiger partial charge on any atom is 0.258 e. The van der Waals surface area contributed by atoms with Crippen LogP contribution in [-0.4, -0.2) is 31.0 Å². The lowest BCUT2D eigenvalue weighted by molar-refractivity contribution is -0.127. The van der Waals surface area contributed by atoms with Gasteiger partial charge in [0.15, 0.2) is 6.61 Å². The van der Waals surface area contributed by atoms with Crippen molar-refractivity contribution < 1.29 is 18.7 Å². The van der Waals surface area contributed by atoms with Crippen LogP contribution in [0.3, 0.4) is 0 Å². The van der Waals surface area contributed by atoms with Crippen LogP contribution in [0.15, 0.2) is 22.7 Å². The molecular weight excluding hydrogens is 331 g/mol. The molecule has 1 fully saturated rings. The highest BCUT2D eigenvalue weighted by Gasteiger charge is 2.23. The quantitative estimate of drug-likeness (QED) is 0.818. The number of halogens is 2. The zero-order valence-corrected chi connectivity index (χ0v) is 12.2. The third-order valence-corrected chi connectivity index (χ3v) is 3.26. The molecule has 1 aromatic rings. The van der Waals surface area contributed by atoms with Gasteiger partial charge in [-0.3, -0.25) is 9.59 Å². The summed E-state index contributed by atoms with van der Waals surface area (Å²) < 4.78 is 18.5. The van der Waals surface area contributed by atoms with Crippen LogP contribution in [0.4, 0.5) is 4.39 Å². The summed E-state index contributed by atoms with van der Waals surface area (Å²) in [5.41, 5.74) is 0. The monoisotopic (exact) mass is 344 g/mol. The Morgan fingerprint density at radius 3 is 2.75 bits per heavy atom. The lowest BCUT2D eigenvalue weighted by atomic mass is 10.3. The first-order valence-corrected chi connectivity index (χ1v) is 6.98. The van der Waals surface area contributed by atoms with Crippen molar-refractivity contribution in [2.45, 2.75) is 18.9 Å². The van der Waals surface area contributed by atoms with Crippen molar-refractivity contribution in [1.82, 2.24) is 10.6 Å². The SMILES string of the molecule is O=C(COc1ccc(F)cc1Br)NCC(=O)NC1CC1. The number of ether oxygens (including phenoxy) is 1. The molecule has 20 heavy (non-hydrogen) atoms. The van der Waals surface area contributed by atoms with E-state index in [1.807, 2.05) is 0 Å². The van der Waals surface area contributed by atoms with E-state index in [0.717, 1.165) is 12.8 Å². The van der Waals surface area contributed by atoms with E-state index in [2.05, 4.69) is 26.6 Å². The van der Waals surface area contributed by atoms with E-state index >= 15 is 0 Å². The van der Waals surface area contributed by atoms with Crippen LogP contribution in [0.5, 0.6) is 5.75 Å². The highest BCUT2D eigenvalue weighted by Crippen LogP contribution is 2.25. The minimum absolute atomic E-state index is 0.0662. The minimum atomic E-state index is -0.410. The molecule has 5 nitrogen and oxygen atoms in total. The molecule has 0 aliphatic heterocycles. The second-order valence-corrected chi connectivity index (χ2v) is 5.34. The van der Waals surface area contributed by atoms with Crippen LogP contribution >= 0.6 is 15.9 Å². The van der Waals surface area contributed by atoms with Crippen molar-refractivity contribution in [3.05, 3.63) is 28.5 Å². The van der Waals surface area contributed by atoms with Crippen molar-refractivity contribution in [1.29, 1.82) is 0 Å². The Morgan fingerprint density at radius 2 is 2.10 bits per heavy atom. The van der Waals surface area contributed by atoms with Gasteiger partial charge in [0, 0.05) is 6.04 Å². The molecule has 2 amide bonds. The Labute approximate surface area is 124 Å². The van der Waals surface area contributed by atoms with Gasteiger partial charge in [0.05, 0.1) is 11.0 Å². The van der Waals surface area contributed by atoms with E-state index in [-0.39, 0.29) is 25.1 Å². The van der Waals surface area contributed by atoms with Gasteiger partial charge >= 0.3 is 0 Å². The van der Waals surface area contributed by atoms with Gasteiger partial charge in [0.1, 0.15) is 11.6 Å². The Hall–Kier alpha value is -1.63. The average molecular weight is 345 g/mol. The molecule has 2 N–H and O–H groups in total. The van der Waals surface area contributed by atoms with Gasteiger partial charge in [-0.05, 0) is 47.0 Å². The van der Waals surface area contributed by atoms with Gasteiger partial charge in [-0.15, -0.1) is 0 Å². The number of nitrogens with one attached hydrogen (secondary N) is 2. The van der Waals surface area contributed by atoms with Crippen LogP contribution in [0.2, 0.25) is 0 Å². The molecular formula is C13H14BrFN2O3. The summed E-state index contributed by atoms with van der Waals surface area (Å²) >= 11 is 3.13. The second-order valence-electron chi connectivity index (χ2n) is 4.48. The number of amides is 2. The summed E-state index contributed by atoms with van der Waals surface area (Å²) in [7, 11) is 0. The van der Waals surface area contributed by atoms with Gasteiger partial charge in [0.2, 0.25) is 5.91 Å². The van der Waals surface area contributed by atoms with Gasteiger partial charge in [-0.1, -0.05) is 0 Å². The third-order valence-electron chi connectivity index (χ3n) is 2.64. The van der Waals surface area contributed by atoms with E-state index in [4.69, 9.17) is 4.74 Å². The van der Waals surface area contributed by atoms with E-state index < -0.39 is 11.7 Å². The summed E-state index contributed by atoms with van der Waals surface area (Å²) in [6, 6.07) is 4.18. The third kappa shape index (κ3) is 4.80. The predicted octanol–water partition coefficient (Wildman–Crippen LogP) is 1.36. The number of benzene rings is 1. The lowest BCUT2D eigenvalue weighted by Gasteiger charge is -2.09. The van der Waals surface area contributed by atoms with Crippen molar-refractivity contribution in [2.75, 3.05) is 13.2 Å². The smallest absolute Gasteiger partial charge is 0.258 e. The largest absolute Gasteiger partial charge is 0.483 e. The van der Waals surface area contributed by atoms with Gasteiger partial charge in [-0.2, -0.15) is 0 Å². The number of rotatable bonds is 6. The van der Waals surface area contributed by atoms with Crippen molar-refractivity contribution in [3.63, 3.8) is 0 Å². The predicted molar refractivity (Wildman–Crippen MR) is 73.8 cm³/mol. The average Bonchev–Trinajstić information content (AvgIpc) is 3.19. The molecule has 0 aromatic heterocycles. The summed E-state index contributed by atoms with van der Waals surface area (Å²) in [4.78, 5) is 22.8. The van der Waals surface area contributed by atoms with E-state index in [1.54, 1.807) is 0 Å². The zero-order chi connectivity index (χ0) is 14.5. The summed E-state index contributed by atoms with van der Waals surface area (Å²) in [5.74, 6) is -0.648. The van der Waals surface area contributed by atoms with Crippen molar-refractivity contribution >= 4 is 27.7 Å². The maximum atomic E-state index is 12.9. The number of hydrogen-bond acceptors (Lipinski definition) is 3. The zero-order valence-electron chi connectivity index (χ0n) is 10.6. The normalized spacial score (nSPS) is 13.7. The molecule has 2 rings (SSSR count). The fourth-order valence-corrected chi connectivity index (χ4v) is 1.94. The van der Waals surface area contributed by atoms with Gasteiger partial charge in [-0.25, -0.2) is 4.39 Å². The molecule has 108 valence electrons. The fourth-order valence-electron chi connectivity index (χ4n) is 1.47. The second kappa shape index (κ2) is 6.69. The molecule has 0 radical (unpaired) electrons. The highest BCUT2D eigenvalue weighted by atomic mass is 79.9. The van der Waals surface area contributed by atoms with Gasteiger partial charge < -0.3 is 15.4 Å². The Balaban J connectivity index is 1.70. The Kier molecular flexibility index (Phi) is 4.94. The molecule has 0 atom stereocenters. The molecule has 0 bridgehead atoms. The van der Waals surface area contributed by atoms with E-state index in [1.165, 1.54) is 18.2 Å². The summed E-state index contributed by atoms with van der Waals surface area (Å²) in [5, 5.41) is 5.21.